The molecule has 0 spiro atoms. The highest BCUT2D eigenvalue weighted by atomic mass is 14.6. The molecule has 2 nitrogen and oxygen atoms in total. The standard InChI is InChI=1S/C12H18N2/c13-7-9-5-6-10(8-14)12-4-2-1-3-11(9)12/h1-4,9-10H,5-8,13-14H2/t9-,10+. The molecule has 2 rings (SSSR count). The van der Waals surface area contributed by atoms with E-state index in [9.17, 15) is 0 Å². The molecule has 2 heteroatoms. The van der Waals surface area contributed by atoms with E-state index in [4.69, 9.17) is 11.5 Å². The number of hydrogen-bond donors (Lipinski definition) is 2. The molecule has 0 saturated carbocycles. The molecular weight excluding hydrogens is 172 g/mol. The van der Waals surface area contributed by atoms with Gasteiger partial charge in [0.15, 0.2) is 0 Å². The summed E-state index contributed by atoms with van der Waals surface area (Å²) in [5.41, 5.74) is 14.4. The molecule has 0 bridgehead atoms. The van der Waals surface area contributed by atoms with Crippen LogP contribution in [0.3, 0.4) is 0 Å². The van der Waals surface area contributed by atoms with Crippen molar-refractivity contribution >= 4 is 0 Å². The number of hydrogen-bond acceptors (Lipinski definition) is 2. The zero-order valence-corrected chi connectivity index (χ0v) is 8.45. The Morgan fingerprint density at radius 3 is 1.71 bits per heavy atom. The Morgan fingerprint density at radius 2 is 1.36 bits per heavy atom. The molecule has 1 aromatic rings. The molecular formula is C12H18N2. The molecule has 0 unspecified atom stereocenters. The van der Waals surface area contributed by atoms with Gasteiger partial charge in [0.1, 0.15) is 0 Å². The average Bonchev–Trinajstić information content (AvgIpc) is 2.27. The average molecular weight is 190 g/mol. The minimum Gasteiger partial charge on any atom is -0.330 e. The third-order valence-electron chi connectivity index (χ3n) is 3.31. The number of benzene rings is 1. The van der Waals surface area contributed by atoms with Crippen molar-refractivity contribution in [3.8, 4) is 0 Å². The van der Waals surface area contributed by atoms with Gasteiger partial charge in [-0.05, 0) is 48.9 Å². The molecule has 1 aromatic carbocycles. The van der Waals surface area contributed by atoms with Crippen molar-refractivity contribution in [2.45, 2.75) is 24.7 Å². The molecule has 76 valence electrons. The maximum Gasteiger partial charge on any atom is -0.000813 e. The summed E-state index contributed by atoms with van der Waals surface area (Å²) in [5, 5.41) is 0. The summed E-state index contributed by atoms with van der Waals surface area (Å²) in [5.74, 6) is 1.10. The van der Waals surface area contributed by atoms with Crippen molar-refractivity contribution < 1.29 is 0 Å². The van der Waals surface area contributed by atoms with Gasteiger partial charge in [-0.1, -0.05) is 24.3 Å². The van der Waals surface area contributed by atoms with Crippen molar-refractivity contribution in [3.05, 3.63) is 35.4 Å². The topological polar surface area (TPSA) is 52.0 Å². The summed E-state index contributed by atoms with van der Waals surface area (Å²) in [4.78, 5) is 0. The summed E-state index contributed by atoms with van der Waals surface area (Å²) in [7, 11) is 0. The maximum atomic E-state index is 5.77. The highest BCUT2D eigenvalue weighted by Crippen LogP contribution is 2.37. The van der Waals surface area contributed by atoms with Crippen LogP contribution in [0.4, 0.5) is 0 Å². The van der Waals surface area contributed by atoms with E-state index in [-0.39, 0.29) is 0 Å². The predicted molar refractivity (Wildman–Crippen MR) is 59.3 cm³/mol. The van der Waals surface area contributed by atoms with Crippen LogP contribution in [-0.2, 0) is 0 Å². The fraction of sp³-hybridized carbons (Fsp3) is 0.500. The largest absolute Gasteiger partial charge is 0.330 e. The molecule has 0 aliphatic heterocycles. The van der Waals surface area contributed by atoms with E-state index < -0.39 is 0 Å². The van der Waals surface area contributed by atoms with Crippen LogP contribution in [0.1, 0.15) is 35.8 Å². The fourth-order valence-electron chi connectivity index (χ4n) is 2.46. The first kappa shape index (κ1) is 9.69. The highest BCUT2D eigenvalue weighted by Gasteiger charge is 2.24. The highest BCUT2D eigenvalue weighted by molar-refractivity contribution is 5.36. The van der Waals surface area contributed by atoms with Crippen molar-refractivity contribution in [3.63, 3.8) is 0 Å². The Balaban J connectivity index is 2.38. The van der Waals surface area contributed by atoms with Gasteiger partial charge >= 0.3 is 0 Å². The zero-order chi connectivity index (χ0) is 9.97. The molecule has 4 N–H and O–H groups in total. The van der Waals surface area contributed by atoms with Gasteiger partial charge in [0.2, 0.25) is 0 Å². The van der Waals surface area contributed by atoms with Crippen LogP contribution in [0.2, 0.25) is 0 Å². The first-order valence-electron chi connectivity index (χ1n) is 5.35. The van der Waals surface area contributed by atoms with Gasteiger partial charge in [-0.15, -0.1) is 0 Å². The molecule has 14 heavy (non-hydrogen) atoms. The van der Waals surface area contributed by atoms with Crippen LogP contribution in [-0.4, -0.2) is 13.1 Å². The second-order valence-corrected chi connectivity index (χ2v) is 4.07. The van der Waals surface area contributed by atoms with E-state index in [1.54, 1.807) is 0 Å². The van der Waals surface area contributed by atoms with E-state index in [0.29, 0.717) is 11.8 Å². The second-order valence-electron chi connectivity index (χ2n) is 4.07. The lowest BCUT2D eigenvalue weighted by Gasteiger charge is -2.30. The monoisotopic (exact) mass is 190 g/mol. The molecule has 2 atom stereocenters. The van der Waals surface area contributed by atoms with Crippen LogP contribution in [0.25, 0.3) is 0 Å². The minimum atomic E-state index is 0.550. The summed E-state index contributed by atoms with van der Waals surface area (Å²) in [6.07, 6.45) is 2.38. The van der Waals surface area contributed by atoms with E-state index in [2.05, 4.69) is 24.3 Å². The van der Waals surface area contributed by atoms with Gasteiger partial charge < -0.3 is 11.5 Å². The summed E-state index contributed by atoms with van der Waals surface area (Å²) in [6.45, 7) is 1.52. The van der Waals surface area contributed by atoms with Crippen LogP contribution < -0.4 is 11.5 Å². The van der Waals surface area contributed by atoms with Crippen LogP contribution >= 0.6 is 0 Å². The summed E-state index contributed by atoms with van der Waals surface area (Å²) in [6, 6.07) is 8.60. The lowest BCUT2D eigenvalue weighted by Crippen LogP contribution is -2.24. The minimum absolute atomic E-state index is 0.550. The van der Waals surface area contributed by atoms with Gasteiger partial charge in [-0.2, -0.15) is 0 Å². The molecule has 1 aliphatic carbocycles. The third-order valence-corrected chi connectivity index (χ3v) is 3.31. The van der Waals surface area contributed by atoms with Gasteiger partial charge in [0, 0.05) is 0 Å². The van der Waals surface area contributed by atoms with Crippen molar-refractivity contribution in [1.29, 1.82) is 0 Å². The van der Waals surface area contributed by atoms with Gasteiger partial charge in [0.05, 0.1) is 0 Å². The van der Waals surface area contributed by atoms with Gasteiger partial charge in [-0.3, -0.25) is 0 Å². The summed E-state index contributed by atoms with van der Waals surface area (Å²) >= 11 is 0. The van der Waals surface area contributed by atoms with E-state index in [1.165, 1.54) is 24.0 Å². The maximum absolute atomic E-state index is 5.77. The second kappa shape index (κ2) is 4.11. The fourth-order valence-corrected chi connectivity index (χ4v) is 2.46. The van der Waals surface area contributed by atoms with Crippen molar-refractivity contribution in [1.82, 2.24) is 0 Å². The van der Waals surface area contributed by atoms with Gasteiger partial charge in [-0.25, -0.2) is 0 Å². The van der Waals surface area contributed by atoms with E-state index in [1.807, 2.05) is 0 Å². The molecule has 1 aliphatic rings. The predicted octanol–water partition coefficient (Wildman–Crippen LogP) is 1.56. The SMILES string of the molecule is NC[C@@H]1CC[C@H](CN)c2ccccc21. The lowest BCUT2D eigenvalue weighted by atomic mass is 9.77. The molecule has 0 radical (unpaired) electrons. The number of rotatable bonds is 2. The molecule has 0 heterocycles. The Morgan fingerprint density at radius 1 is 0.929 bits per heavy atom. The normalized spacial score (nSPS) is 25.9. The van der Waals surface area contributed by atoms with Crippen LogP contribution in [0.15, 0.2) is 24.3 Å². The Kier molecular flexibility index (Phi) is 2.85. The quantitative estimate of drug-likeness (QED) is 0.743. The van der Waals surface area contributed by atoms with Crippen LogP contribution in [0.5, 0.6) is 0 Å². The lowest BCUT2D eigenvalue weighted by molar-refractivity contribution is 0.491. The zero-order valence-electron chi connectivity index (χ0n) is 8.45. The van der Waals surface area contributed by atoms with E-state index >= 15 is 0 Å². The smallest absolute Gasteiger partial charge is 0.000813 e. The molecule has 0 aromatic heterocycles. The first-order valence-corrected chi connectivity index (χ1v) is 5.35. The number of nitrogens with two attached hydrogens (primary N) is 2. The van der Waals surface area contributed by atoms with Crippen molar-refractivity contribution in [2.24, 2.45) is 11.5 Å². The van der Waals surface area contributed by atoms with Crippen molar-refractivity contribution in [2.75, 3.05) is 13.1 Å². The summed E-state index contributed by atoms with van der Waals surface area (Å²) < 4.78 is 0. The Labute approximate surface area is 85.3 Å². The van der Waals surface area contributed by atoms with E-state index in [0.717, 1.165) is 13.1 Å². The Hall–Kier alpha value is -0.860. The molecule has 0 fully saturated rings. The Bertz CT molecular complexity index is 278. The number of fused-ring (bicyclic) bond motifs is 1. The van der Waals surface area contributed by atoms with Crippen LogP contribution in [0, 0.1) is 0 Å². The molecule has 0 saturated heterocycles. The van der Waals surface area contributed by atoms with Gasteiger partial charge in [0.25, 0.3) is 0 Å². The third kappa shape index (κ3) is 1.56. The molecule has 0 amide bonds. The first-order chi connectivity index (χ1) is 6.86.